The van der Waals surface area contributed by atoms with E-state index in [1.54, 1.807) is 12.1 Å². The summed E-state index contributed by atoms with van der Waals surface area (Å²) < 4.78 is 0.848. The van der Waals surface area contributed by atoms with Gasteiger partial charge in [-0.15, -0.1) is 0 Å². The third-order valence-corrected chi connectivity index (χ3v) is 3.18. The monoisotopic (exact) mass is 326 g/mol. The van der Waals surface area contributed by atoms with E-state index in [0.717, 1.165) is 10.9 Å². The Labute approximate surface area is 124 Å². The van der Waals surface area contributed by atoms with Crippen LogP contribution in [-0.2, 0) is 0 Å². The maximum Gasteiger partial charge on any atom is 0.253 e. The van der Waals surface area contributed by atoms with Crippen LogP contribution in [0.2, 0.25) is 0 Å². The standard InChI is InChI=1S/C15H23BrN2O/c1-14(2,3)9-15(4,5)18-13(19)11-8-10(16)6-7-12(11)17/h6-8H,9,17H2,1-5H3,(H,18,19). The third kappa shape index (κ3) is 5.23. The Kier molecular flexibility index (Phi) is 4.67. The van der Waals surface area contributed by atoms with Crippen LogP contribution in [0.1, 0.15) is 51.4 Å². The van der Waals surface area contributed by atoms with E-state index >= 15 is 0 Å². The Hall–Kier alpha value is -1.03. The molecule has 0 fully saturated rings. The van der Waals surface area contributed by atoms with Crippen molar-refractivity contribution in [2.45, 2.75) is 46.6 Å². The molecule has 0 aromatic heterocycles. The highest BCUT2D eigenvalue weighted by atomic mass is 79.9. The lowest BCUT2D eigenvalue weighted by Crippen LogP contribution is -2.46. The van der Waals surface area contributed by atoms with Crippen molar-refractivity contribution in [3.8, 4) is 0 Å². The van der Waals surface area contributed by atoms with Gasteiger partial charge in [0.2, 0.25) is 0 Å². The molecule has 1 aromatic rings. The van der Waals surface area contributed by atoms with E-state index in [9.17, 15) is 4.79 Å². The molecule has 0 aliphatic rings. The number of nitrogens with one attached hydrogen (secondary N) is 1. The van der Waals surface area contributed by atoms with Gasteiger partial charge in [-0.2, -0.15) is 0 Å². The second kappa shape index (κ2) is 5.53. The first-order valence-corrected chi connectivity index (χ1v) is 7.17. The summed E-state index contributed by atoms with van der Waals surface area (Å²) in [6.07, 6.45) is 0.889. The molecule has 0 spiro atoms. The molecule has 0 atom stereocenters. The van der Waals surface area contributed by atoms with Crippen LogP contribution in [0, 0.1) is 5.41 Å². The second-order valence-corrected chi connectivity index (χ2v) is 7.72. The average Bonchev–Trinajstić information content (AvgIpc) is 2.16. The fourth-order valence-corrected chi connectivity index (χ4v) is 2.83. The zero-order chi connectivity index (χ0) is 14.8. The molecule has 0 saturated heterocycles. The average molecular weight is 327 g/mol. The van der Waals surface area contributed by atoms with Gasteiger partial charge in [-0.3, -0.25) is 4.79 Å². The Morgan fingerprint density at radius 2 is 1.84 bits per heavy atom. The van der Waals surface area contributed by atoms with Gasteiger partial charge in [-0.25, -0.2) is 0 Å². The third-order valence-electron chi connectivity index (χ3n) is 2.68. The number of nitrogens with two attached hydrogens (primary N) is 1. The Morgan fingerprint density at radius 3 is 2.37 bits per heavy atom. The highest BCUT2D eigenvalue weighted by Crippen LogP contribution is 2.27. The van der Waals surface area contributed by atoms with Crippen LogP contribution in [0.4, 0.5) is 5.69 Å². The number of carbonyl (C=O) groups excluding carboxylic acids is 1. The van der Waals surface area contributed by atoms with Crippen molar-refractivity contribution in [2.75, 3.05) is 5.73 Å². The van der Waals surface area contributed by atoms with Gasteiger partial charge in [-0.1, -0.05) is 36.7 Å². The molecule has 0 radical (unpaired) electrons. The number of anilines is 1. The van der Waals surface area contributed by atoms with E-state index in [1.165, 1.54) is 0 Å². The van der Waals surface area contributed by atoms with Crippen LogP contribution in [0.3, 0.4) is 0 Å². The van der Waals surface area contributed by atoms with Crippen molar-refractivity contribution in [3.63, 3.8) is 0 Å². The molecular formula is C15H23BrN2O. The van der Waals surface area contributed by atoms with Gasteiger partial charge in [0.15, 0.2) is 0 Å². The summed E-state index contributed by atoms with van der Waals surface area (Å²) in [6.45, 7) is 10.5. The van der Waals surface area contributed by atoms with Crippen molar-refractivity contribution in [3.05, 3.63) is 28.2 Å². The Bertz CT molecular complexity index is 476. The molecule has 0 saturated carbocycles. The summed E-state index contributed by atoms with van der Waals surface area (Å²) in [4.78, 5) is 12.3. The maximum atomic E-state index is 12.3. The molecule has 3 nitrogen and oxygen atoms in total. The van der Waals surface area contributed by atoms with Crippen molar-refractivity contribution in [1.82, 2.24) is 5.32 Å². The molecular weight excluding hydrogens is 304 g/mol. The number of nitrogen functional groups attached to an aromatic ring is 1. The van der Waals surface area contributed by atoms with Gasteiger partial charge in [0.1, 0.15) is 0 Å². The molecule has 0 aliphatic carbocycles. The molecule has 0 aliphatic heterocycles. The van der Waals surface area contributed by atoms with E-state index < -0.39 is 0 Å². The van der Waals surface area contributed by atoms with Crippen LogP contribution in [0.5, 0.6) is 0 Å². The molecule has 0 unspecified atom stereocenters. The smallest absolute Gasteiger partial charge is 0.253 e. The summed E-state index contributed by atoms with van der Waals surface area (Å²) in [5.74, 6) is -0.131. The number of carbonyl (C=O) groups is 1. The van der Waals surface area contributed by atoms with Crippen molar-refractivity contribution in [2.24, 2.45) is 5.41 Å². The van der Waals surface area contributed by atoms with E-state index in [0.29, 0.717) is 11.3 Å². The van der Waals surface area contributed by atoms with Crippen molar-refractivity contribution in [1.29, 1.82) is 0 Å². The van der Waals surface area contributed by atoms with Crippen LogP contribution >= 0.6 is 15.9 Å². The zero-order valence-corrected chi connectivity index (χ0v) is 13.9. The number of hydrogen-bond acceptors (Lipinski definition) is 2. The predicted molar refractivity (Wildman–Crippen MR) is 84.2 cm³/mol. The summed E-state index contributed by atoms with van der Waals surface area (Å²) in [5, 5.41) is 3.06. The number of halogens is 1. The van der Waals surface area contributed by atoms with E-state index in [4.69, 9.17) is 5.73 Å². The highest BCUT2D eigenvalue weighted by molar-refractivity contribution is 9.10. The molecule has 19 heavy (non-hydrogen) atoms. The highest BCUT2D eigenvalue weighted by Gasteiger charge is 2.27. The number of rotatable bonds is 3. The molecule has 3 N–H and O–H groups in total. The van der Waals surface area contributed by atoms with Crippen molar-refractivity contribution >= 4 is 27.5 Å². The molecule has 106 valence electrons. The predicted octanol–water partition coefficient (Wildman–Crippen LogP) is 3.98. The van der Waals surface area contributed by atoms with Gasteiger partial charge in [0.25, 0.3) is 5.91 Å². The molecule has 1 amide bonds. The maximum absolute atomic E-state index is 12.3. The van der Waals surface area contributed by atoms with Crippen LogP contribution < -0.4 is 11.1 Å². The fraction of sp³-hybridized carbons (Fsp3) is 0.533. The Morgan fingerprint density at radius 1 is 1.26 bits per heavy atom. The summed E-state index contributed by atoms with van der Waals surface area (Å²) >= 11 is 3.36. The Balaban J connectivity index is 2.87. The normalized spacial score (nSPS) is 12.3. The lowest BCUT2D eigenvalue weighted by Gasteiger charge is -2.33. The van der Waals surface area contributed by atoms with E-state index in [2.05, 4.69) is 42.0 Å². The number of benzene rings is 1. The zero-order valence-electron chi connectivity index (χ0n) is 12.3. The lowest BCUT2D eigenvalue weighted by atomic mass is 9.81. The summed E-state index contributed by atoms with van der Waals surface area (Å²) in [6, 6.07) is 5.31. The minimum Gasteiger partial charge on any atom is -0.398 e. The largest absolute Gasteiger partial charge is 0.398 e. The number of amides is 1. The summed E-state index contributed by atoms with van der Waals surface area (Å²) in [7, 11) is 0. The van der Waals surface area contributed by atoms with Crippen LogP contribution in [-0.4, -0.2) is 11.4 Å². The van der Waals surface area contributed by atoms with Crippen LogP contribution in [0.15, 0.2) is 22.7 Å². The quantitative estimate of drug-likeness (QED) is 0.825. The molecule has 1 aromatic carbocycles. The van der Waals surface area contributed by atoms with E-state index in [1.807, 2.05) is 19.9 Å². The molecule has 4 heteroatoms. The second-order valence-electron chi connectivity index (χ2n) is 6.81. The first-order chi connectivity index (χ1) is 8.50. The molecule has 0 bridgehead atoms. The van der Waals surface area contributed by atoms with Crippen molar-refractivity contribution < 1.29 is 4.79 Å². The van der Waals surface area contributed by atoms with Gasteiger partial charge >= 0.3 is 0 Å². The van der Waals surface area contributed by atoms with Gasteiger partial charge < -0.3 is 11.1 Å². The minimum absolute atomic E-state index is 0.131. The lowest BCUT2D eigenvalue weighted by molar-refractivity contribution is 0.0892. The topological polar surface area (TPSA) is 55.1 Å². The SMILES string of the molecule is CC(C)(C)CC(C)(C)NC(=O)c1cc(Br)ccc1N. The number of hydrogen-bond donors (Lipinski definition) is 2. The summed E-state index contributed by atoms with van der Waals surface area (Å²) in [5.41, 5.74) is 6.74. The van der Waals surface area contributed by atoms with Gasteiger partial charge in [0.05, 0.1) is 5.56 Å². The van der Waals surface area contributed by atoms with Crippen LogP contribution in [0.25, 0.3) is 0 Å². The van der Waals surface area contributed by atoms with Gasteiger partial charge in [-0.05, 0) is 43.9 Å². The van der Waals surface area contributed by atoms with E-state index in [-0.39, 0.29) is 16.9 Å². The first-order valence-electron chi connectivity index (χ1n) is 6.38. The fourth-order valence-electron chi connectivity index (χ4n) is 2.47. The molecule has 0 heterocycles. The minimum atomic E-state index is -0.274. The van der Waals surface area contributed by atoms with Gasteiger partial charge in [0, 0.05) is 15.7 Å². The first kappa shape index (κ1) is 16.0. The molecule has 1 rings (SSSR count).